The molecule has 2 atom stereocenters. The first kappa shape index (κ1) is 26.7. The Morgan fingerprint density at radius 2 is 1.64 bits per heavy atom. The SMILES string of the molecule is CC[C@H](C)NC(=O)[C@@H](C)N(CCc1ccccc1)C(=O)CN(c1ccc(Cl)cc1)S(C)(=O)=O. The van der Waals surface area contributed by atoms with Crippen LogP contribution in [0.5, 0.6) is 0 Å². The number of halogens is 1. The van der Waals surface area contributed by atoms with Crippen LogP contribution in [0.2, 0.25) is 5.02 Å². The van der Waals surface area contributed by atoms with Crippen molar-refractivity contribution in [1.82, 2.24) is 10.2 Å². The summed E-state index contributed by atoms with van der Waals surface area (Å²) in [5.41, 5.74) is 1.34. The van der Waals surface area contributed by atoms with Gasteiger partial charge in [-0.05, 0) is 56.5 Å². The highest BCUT2D eigenvalue weighted by Gasteiger charge is 2.30. The van der Waals surface area contributed by atoms with Gasteiger partial charge in [0, 0.05) is 17.6 Å². The molecule has 9 heteroatoms. The zero-order chi connectivity index (χ0) is 24.6. The maximum Gasteiger partial charge on any atom is 0.244 e. The Balaban J connectivity index is 2.29. The number of benzene rings is 2. The summed E-state index contributed by atoms with van der Waals surface area (Å²) < 4.78 is 26.0. The molecule has 2 rings (SSSR count). The maximum atomic E-state index is 13.4. The second-order valence-electron chi connectivity index (χ2n) is 8.06. The normalized spacial score (nSPS) is 13.1. The molecule has 0 bridgehead atoms. The third-order valence-corrected chi connectivity index (χ3v) is 6.84. The summed E-state index contributed by atoms with van der Waals surface area (Å²) in [6.07, 6.45) is 2.34. The maximum absolute atomic E-state index is 13.4. The zero-order valence-corrected chi connectivity index (χ0v) is 21.1. The van der Waals surface area contributed by atoms with Crippen molar-refractivity contribution in [3.8, 4) is 0 Å². The van der Waals surface area contributed by atoms with Crippen LogP contribution >= 0.6 is 11.6 Å². The summed E-state index contributed by atoms with van der Waals surface area (Å²) in [6.45, 7) is 5.37. The van der Waals surface area contributed by atoms with Gasteiger partial charge in [-0.2, -0.15) is 0 Å². The minimum atomic E-state index is -3.75. The van der Waals surface area contributed by atoms with Crippen molar-refractivity contribution >= 4 is 39.1 Å². The van der Waals surface area contributed by atoms with E-state index < -0.39 is 28.5 Å². The van der Waals surface area contributed by atoms with E-state index in [-0.39, 0.29) is 18.5 Å². The van der Waals surface area contributed by atoms with Gasteiger partial charge in [-0.25, -0.2) is 8.42 Å². The van der Waals surface area contributed by atoms with Crippen LogP contribution in [-0.2, 0) is 26.0 Å². The van der Waals surface area contributed by atoms with Crippen molar-refractivity contribution in [2.75, 3.05) is 23.7 Å². The van der Waals surface area contributed by atoms with Crippen LogP contribution < -0.4 is 9.62 Å². The lowest BCUT2D eigenvalue weighted by molar-refractivity contribution is -0.139. The summed E-state index contributed by atoms with van der Waals surface area (Å²) in [7, 11) is -3.75. The Morgan fingerprint density at radius 3 is 2.18 bits per heavy atom. The lowest BCUT2D eigenvalue weighted by Gasteiger charge is -2.32. The van der Waals surface area contributed by atoms with E-state index in [0.29, 0.717) is 17.1 Å². The van der Waals surface area contributed by atoms with Crippen molar-refractivity contribution in [3.63, 3.8) is 0 Å². The van der Waals surface area contributed by atoms with Gasteiger partial charge in [0.15, 0.2) is 0 Å². The van der Waals surface area contributed by atoms with Gasteiger partial charge in [0.1, 0.15) is 12.6 Å². The van der Waals surface area contributed by atoms with E-state index in [9.17, 15) is 18.0 Å². The number of hydrogen-bond donors (Lipinski definition) is 1. The minimum Gasteiger partial charge on any atom is -0.352 e. The number of hydrogen-bond acceptors (Lipinski definition) is 4. The molecule has 0 saturated carbocycles. The van der Waals surface area contributed by atoms with Gasteiger partial charge in [0.25, 0.3) is 0 Å². The molecule has 0 aliphatic carbocycles. The van der Waals surface area contributed by atoms with Crippen molar-refractivity contribution in [2.24, 2.45) is 0 Å². The first-order valence-electron chi connectivity index (χ1n) is 10.9. The molecular weight excluding hydrogens is 462 g/mol. The van der Waals surface area contributed by atoms with E-state index >= 15 is 0 Å². The topological polar surface area (TPSA) is 86.8 Å². The molecule has 180 valence electrons. The molecule has 0 saturated heterocycles. The molecule has 0 aromatic heterocycles. The Bertz CT molecular complexity index is 1030. The molecule has 2 aromatic rings. The van der Waals surface area contributed by atoms with Crippen LogP contribution in [-0.4, -0.2) is 56.6 Å². The molecule has 0 aliphatic heterocycles. The van der Waals surface area contributed by atoms with Gasteiger partial charge in [0.05, 0.1) is 11.9 Å². The molecule has 0 radical (unpaired) electrons. The molecule has 0 heterocycles. The lowest BCUT2D eigenvalue weighted by Crippen LogP contribution is -2.53. The first-order valence-corrected chi connectivity index (χ1v) is 13.1. The van der Waals surface area contributed by atoms with Crippen LogP contribution in [0, 0.1) is 0 Å². The Morgan fingerprint density at radius 1 is 1.03 bits per heavy atom. The fourth-order valence-electron chi connectivity index (χ4n) is 3.26. The number of amides is 2. The van der Waals surface area contributed by atoms with Gasteiger partial charge in [-0.3, -0.25) is 13.9 Å². The van der Waals surface area contributed by atoms with Crippen molar-refractivity contribution < 1.29 is 18.0 Å². The van der Waals surface area contributed by atoms with Crippen LogP contribution in [0.15, 0.2) is 54.6 Å². The van der Waals surface area contributed by atoms with Crippen LogP contribution in [0.25, 0.3) is 0 Å². The summed E-state index contributed by atoms with van der Waals surface area (Å²) in [4.78, 5) is 27.6. The predicted octanol–water partition coefficient (Wildman–Crippen LogP) is 3.48. The smallest absolute Gasteiger partial charge is 0.244 e. The second kappa shape index (κ2) is 12.0. The van der Waals surface area contributed by atoms with E-state index in [4.69, 9.17) is 11.6 Å². The average molecular weight is 494 g/mol. The fraction of sp³-hybridized carbons (Fsp3) is 0.417. The molecule has 33 heavy (non-hydrogen) atoms. The van der Waals surface area contributed by atoms with E-state index in [1.165, 1.54) is 4.90 Å². The number of anilines is 1. The number of carbonyl (C=O) groups excluding carboxylic acids is 2. The quantitative estimate of drug-likeness (QED) is 0.519. The number of nitrogens with one attached hydrogen (secondary N) is 1. The number of sulfonamides is 1. The highest BCUT2D eigenvalue weighted by atomic mass is 35.5. The number of carbonyl (C=O) groups is 2. The average Bonchev–Trinajstić information content (AvgIpc) is 2.78. The first-order chi connectivity index (χ1) is 15.5. The Hall–Kier alpha value is -2.58. The van der Waals surface area contributed by atoms with Gasteiger partial charge in [0.2, 0.25) is 21.8 Å². The van der Waals surface area contributed by atoms with Crippen molar-refractivity contribution in [2.45, 2.75) is 45.7 Å². The zero-order valence-electron chi connectivity index (χ0n) is 19.5. The largest absolute Gasteiger partial charge is 0.352 e. The summed E-state index contributed by atoms with van der Waals surface area (Å²) in [6, 6.07) is 15.0. The molecule has 0 aliphatic rings. The van der Waals surface area contributed by atoms with Gasteiger partial charge in [-0.1, -0.05) is 48.9 Å². The van der Waals surface area contributed by atoms with Crippen LogP contribution in [0.4, 0.5) is 5.69 Å². The van der Waals surface area contributed by atoms with Crippen molar-refractivity contribution in [1.29, 1.82) is 0 Å². The molecule has 7 nitrogen and oxygen atoms in total. The third kappa shape index (κ3) is 8.05. The standard InChI is InChI=1S/C24H32ClN3O4S/c1-5-18(2)26-24(30)19(3)27(16-15-20-9-7-6-8-10-20)23(29)17-28(33(4,31)32)22-13-11-21(25)12-14-22/h6-14,18-19H,5,15-17H2,1-4H3,(H,26,30)/t18-,19+/m0/s1. The molecule has 1 N–H and O–H groups in total. The van der Waals surface area contributed by atoms with Gasteiger partial charge >= 0.3 is 0 Å². The Labute approximate surface area is 201 Å². The summed E-state index contributed by atoms with van der Waals surface area (Å²) in [5.74, 6) is -0.735. The molecule has 0 spiro atoms. The lowest BCUT2D eigenvalue weighted by atomic mass is 10.1. The van der Waals surface area contributed by atoms with E-state index in [1.807, 2.05) is 44.2 Å². The van der Waals surface area contributed by atoms with Gasteiger partial charge in [-0.15, -0.1) is 0 Å². The molecule has 0 unspecified atom stereocenters. The third-order valence-electron chi connectivity index (χ3n) is 5.45. The molecule has 2 aromatic carbocycles. The number of nitrogens with zero attached hydrogens (tertiary/aromatic N) is 2. The fourth-order valence-corrected chi connectivity index (χ4v) is 4.23. The molecular formula is C24H32ClN3O4S. The van der Waals surface area contributed by atoms with Crippen molar-refractivity contribution in [3.05, 3.63) is 65.2 Å². The monoisotopic (exact) mass is 493 g/mol. The minimum absolute atomic E-state index is 0.0346. The molecule has 2 amide bonds. The highest BCUT2D eigenvalue weighted by Crippen LogP contribution is 2.21. The highest BCUT2D eigenvalue weighted by molar-refractivity contribution is 7.92. The predicted molar refractivity (Wildman–Crippen MR) is 133 cm³/mol. The second-order valence-corrected chi connectivity index (χ2v) is 10.4. The Kier molecular flexibility index (Phi) is 9.73. The van der Waals surface area contributed by atoms with E-state index in [0.717, 1.165) is 22.5 Å². The van der Waals surface area contributed by atoms with Crippen LogP contribution in [0.3, 0.4) is 0 Å². The van der Waals surface area contributed by atoms with E-state index in [2.05, 4.69) is 5.32 Å². The van der Waals surface area contributed by atoms with E-state index in [1.54, 1.807) is 31.2 Å². The molecule has 0 fully saturated rings. The van der Waals surface area contributed by atoms with Crippen LogP contribution in [0.1, 0.15) is 32.8 Å². The summed E-state index contributed by atoms with van der Waals surface area (Å²) in [5, 5.41) is 3.36. The van der Waals surface area contributed by atoms with Gasteiger partial charge < -0.3 is 10.2 Å². The number of rotatable bonds is 11. The summed E-state index contributed by atoms with van der Waals surface area (Å²) >= 11 is 5.93.